The van der Waals surface area contributed by atoms with Gasteiger partial charge in [0.05, 0.1) is 35.1 Å². The first-order valence-corrected chi connectivity index (χ1v) is 21.5. The van der Waals surface area contributed by atoms with E-state index in [1.165, 1.54) is 255 Å². The maximum absolute atomic E-state index is 2.62. The van der Waals surface area contributed by atoms with E-state index in [-0.39, 0.29) is 8.41 Å². The van der Waals surface area contributed by atoms with Crippen molar-refractivity contribution in [2.24, 2.45) is 0 Å². The summed E-state index contributed by atoms with van der Waals surface area (Å²) in [6, 6.07) is 0. The third-order valence-electron chi connectivity index (χ3n) is 10.7. The molecule has 0 aliphatic rings. The summed E-state index contributed by atoms with van der Waals surface area (Å²) in [6.07, 6.45) is 52.7. The Bertz CT molecular complexity index is 437. The first kappa shape index (κ1) is 47.1. The van der Waals surface area contributed by atoms with Crippen LogP contribution in [0, 0.1) is 0 Å². The van der Waals surface area contributed by atoms with Crippen LogP contribution in [0.2, 0.25) is 0 Å². The molecule has 0 unspecified atom stereocenters. The van der Waals surface area contributed by atoms with Crippen LogP contribution in [0.15, 0.2) is 0 Å². The van der Waals surface area contributed by atoms with Gasteiger partial charge in [-0.25, -0.2) is 0 Å². The fourth-order valence-corrected chi connectivity index (χ4v) is 7.34. The van der Waals surface area contributed by atoms with Crippen molar-refractivity contribution >= 4 is 8.41 Å². The van der Waals surface area contributed by atoms with E-state index in [1.54, 1.807) is 0 Å². The zero-order valence-electron chi connectivity index (χ0n) is 32.0. The van der Waals surface area contributed by atoms with E-state index >= 15 is 0 Å². The summed E-state index contributed by atoms with van der Waals surface area (Å²) >= 11 is 0. The van der Waals surface area contributed by atoms with Crippen molar-refractivity contribution in [2.75, 3.05) is 26.7 Å². The normalized spacial score (nSPS) is 11.7. The molecule has 0 bridgehead atoms. The molecule has 0 N–H and O–H groups in total. The van der Waals surface area contributed by atoms with Gasteiger partial charge in [0.25, 0.3) is 0 Å². The van der Waals surface area contributed by atoms with Crippen LogP contribution in [0.3, 0.4) is 0 Å². The van der Waals surface area contributed by atoms with Gasteiger partial charge in [0.2, 0.25) is 0 Å². The number of unbranched alkanes of at least 4 members (excludes halogenated alkanes) is 33. The Balaban J connectivity index is 0. The van der Waals surface area contributed by atoms with Gasteiger partial charge in [0.15, 0.2) is 0 Å². The van der Waals surface area contributed by atoms with Crippen LogP contribution in [0.25, 0.3) is 0 Å². The van der Waals surface area contributed by atoms with Gasteiger partial charge in [-0.05, 0) is 38.5 Å². The molecule has 0 aromatic heterocycles. The predicted octanol–water partition coefficient (Wildman–Crippen LogP) is 14.4. The molecule has 0 heterocycles. The van der Waals surface area contributed by atoms with Gasteiger partial charge in [-0.1, -0.05) is 213 Å². The van der Waals surface area contributed by atoms with Crippen molar-refractivity contribution in [3.8, 4) is 0 Å². The smallest absolute Gasteiger partial charge is 0.0814 e. The molecule has 272 valence electrons. The molecule has 0 fully saturated rings. The van der Waals surface area contributed by atoms with Gasteiger partial charge in [-0.2, -0.15) is 0 Å². The van der Waals surface area contributed by atoms with Crippen LogP contribution in [-0.4, -0.2) is 39.6 Å². The average Bonchev–Trinajstić information content (AvgIpc) is 3.02. The van der Waals surface area contributed by atoms with E-state index in [1.807, 2.05) is 0 Å². The van der Waals surface area contributed by atoms with Crippen LogP contribution in [-0.2, 0) is 0 Å². The molecule has 0 saturated heterocycles. The van der Waals surface area contributed by atoms with E-state index in [2.05, 4.69) is 27.8 Å². The molecule has 0 radical (unpaired) electrons. The van der Waals surface area contributed by atoms with Crippen LogP contribution < -0.4 is 0 Å². The maximum atomic E-state index is 2.62. The fraction of sp³-hybridized carbons (Fsp3) is 1.00. The monoisotopic (exact) mass is 635 g/mol. The average molecular weight is 635 g/mol. The minimum atomic E-state index is 0. The van der Waals surface area contributed by atoms with E-state index in [4.69, 9.17) is 0 Å². The van der Waals surface area contributed by atoms with Gasteiger partial charge in [-0.3, -0.25) is 0 Å². The molecule has 2 heteroatoms. The largest absolute Gasteiger partial charge is 0.326 e. The third kappa shape index (κ3) is 38.4. The molecule has 1 nitrogen and oxygen atoms in total. The van der Waals surface area contributed by atoms with Crippen molar-refractivity contribution in [3.63, 3.8) is 0 Å². The zero-order valence-corrected chi connectivity index (χ0v) is 32.0. The number of rotatable bonds is 39. The lowest BCUT2D eigenvalue weighted by molar-refractivity contribution is -0.910. The lowest BCUT2D eigenvalue weighted by atomic mass is 10.0. The molecule has 0 amide bonds. The lowest BCUT2D eigenvalue weighted by Crippen LogP contribution is -2.46. The van der Waals surface area contributed by atoms with Gasteiger partial charge >= 0.3 is 0 Å². The van der Waals surface area contributed by atoms with E-state index in [9.17, 15) is 0 Å². The summed E-state index contributed by atoms with van der Waals surface area (Å²) in [5.41, 5.74) is 0. The Morgan fingerprint density at radius 3 is 0.511 bits per heavy atom. The highest BCUT2D eigenvalue weighted by Gasteiger charge is 2.20. The fourth-order valence-electron chi connectivity index (χ4n) is 7.34. The second kappa shape index (κ2) is 40.2. The molecule has 0 saturated carbocycles. The Kier molecular flexibility index (Phi) is 42.1. The molecule has 0 spiro atoms. The van der Waals surface area contributed by atoms with Crippen LogP contribution in [0.5, 0.6) is 0 Å². The lowest BCUT2D eigenvalue weighted by Gasteiger charge is -2.35. The maximum Gasteiger partial charge on any atom is 0.0814 e. The second-order valence-corrected chi connectivity index (χ2v) is 15.5. The number of quaternary nitrogens is 1. The van der Waals surface area contributed by atoms with Crippen molar-refractivity contribution in [1.82, 2.24) is 0 Å². The molecule has 0 atom stereocenters. The molecular weight excluding hydrogens is 541 g/mol. The SMILES string of the molecule is B.CCCCCCCCCCCCCC[N+](C)(CCCCCCCCCCCCCC)CCCCCCCCCCCCCC. The highest BCUT2D eigenvalue weighted by molar-refractivity contribution is 5.75. The van der Waals surface area contributed by atoms with Gasteiger partial charge < -0.3 is 4.48 Å². The standard InChI is InChI=1S/C43H90N.BH3/c1-5-8-11-14-17-20-23-26-29-32-35-38-41-44(4,42-39-36-33-30-27-24-21-18-15-12-9-6-2)43-40-37-34-31-28-25-22-19-16-13-10-7-3;/h5-43H2,1-4H3;1H3/q+1;. The van der Waals surface area contributed by atoms with Gasteiger partial charge in [-0.15, -0.1) is 0 Å². The quantitative estimate of drug-likeness (QED) is 0.0358. The number of hydrogen-bond acceptors (Lipinski definition) is 0. The number of hydrogen-bond donors (Lipinski definition) is 0. The molecule has 0 aromatic carbocycles. The minimum Gasteiger partial charge on any atom is -0.326 e. The van der Waals surface area contributed by atoms with Gasteiger partial charge in [0.1, 0.15) is 0 Å². The Morgan fingerprint density at radius 1 is 0.222 bits per heavy atom. The van der Waals surface area contributed by atoms with Crippen molar-refractivity contribution in [1.29, 1.82) is 0 Å². The molecule has 0 aliphatic heterocycles. The first-order chi connectivity index (χ1) is 21.7. The molecule has 0 aromatic rings. The van der Waals surface area contributed by atoms with Crippen molar-refractivity contribution in [2.45, 2.75) is 252 Å². The molecular formula is C43H93BN+. The Hall–Kier alpha value is 0.0249. The van der Waals surface area contributed by atoms with Crippen molar-refractivity contribution in [3.05, 3.63) is 0 Å². The minimum absolute atomic E-state index is 0. The summed E-state index contributed by atoms with van der Waals surface area (Å²) in [5.74, 6) is 0. The summed E-state index contributed by atoms with van der Waals surface area (Å²) in [6.45, 7) is 11.3. The predicted molar refractivity (Wildman–Crippen MR) is 214 cm³/mol. The molecule has 0 rings (SSSR count). The van der Waals surface area contributed by atoms with E-state index in [0.717, 1.165) is 0 Å². The summed E-state index contributed by atoms with van der Waals surface area (Å²) in [4.78, 5) is 0. The Labute approximate surface area is 290 Å². The van der Waals surface area contributed by atoms with Crippen LogP contribution in [0.1, 0.15) is 252 Å². The summed E-state index contributed by atoms with van der Waals surface area (Å²) in [7, 11) is 2.62. The zero-order chi connectivity index (χ0) is 32.1. The highest BCUT2D eigenvalue weighted by atomic mass is 15.3. The third-order valence-corrected chi connectivity index (χ3v) is 10.7. The van der Waals surface area contributed by atoms with Gasteiger partial charge in [0, 0.05) is 0 Å². The van der Waals surface area contributed by atoms with Crippen molar-refractivity contribution < 1.29 is 4.48 Å². The van der Waals surface area contributed by atoms with E-state index in [0.29, 0.717) is 0 Å². The molecule has 0 aliphatic carbocycles. The Morgan fingerprint density at radius 2 is 0.356 bits per heavy atom. The van der Waals surface area contributed by atoms with E-state index < -0.39 is 0 Å². The summed E-state index contributed by atoms with van der Waals surface area (Å²) < 4.78 is 1.37. The van der Waals surface area contributed by atoms with Crippen LogP contribution in [0.4, 0.5) is 0 Å². The number of nitrogens with zero attached hydrogens (tertiary/aromatic N) is 1. The molecule has 45 heavy (non-hydrogen) atoms. The first-order valence-electron chi connectivity index (χ1n) is 21.5. The second-order valence-electron chi connectivity index (χ2n) is 15.5. The highest BCUT2D eigenvalue weighted by Crippen LogP contribution is 2.18. The van der Waals surface area contributed by atoms with Crippen LogP contribution >= 0.6 is 0 Å². The topological polar surface area (TPSA) is 0 Å². The summed E-state index contributed by atoms with van der Waals surface area (Å²) in [5, 5.41) is 0.